The first-order valence-electron chi connectivity index (χ1n) is 7.88. The third-order valence-electron chi connectivity index (χ3n) is 4.21. The summed E-state index contributed by atoms with van der Waals surface area (Å²) in [5.41, 5.74) is 2.79. The highest BCUT2D eigenvalue weighted by Gasteiger charge is 2.19. The van der Waals surface area contributed by atoms with E-state index >= 15 is 0 Å². The summed E-state index contributed by atoms with van der Waals surface area (Å²) in [6.45, 7) is 6.84. The highest BCUT2D eigenvalue weighted by atomic mass is 15.0. The first-order chi connectivity index (χ1) is 9.33. The standard InChI is InChI=1S/C17H28N2/c1-3-5-8-14(4-2)12-18-13-16-11-15-9-6-7-10-17(15)19-16/h6-7,9-10,14,16,18-19H,3-5,8,11-13H2,1-2H3. The Morgan fingerprint density at radius 3 is 2.89 bits per heavy atom. The number of nitrogens with one attached hydrogen (secondary N) is 2. The third-order valence-corrected chi connectivity index (χ3v) is 4.21. The van der Waals surface area contributed by atoms with E-state index in [4.69, 9.17) is 0 Å². The van der Waals surface area contributed by atoms with Crippen molar-refractivity contribution in [3.63, 3.8) is 0 Å². The number of benzene rings is 1. The Morgan fingerprint density at radius 2 is 2.16 bits per heavy atom. The predicted octanol–water partition coefficient (Wildman–Crippen LogP) is 3.83. The number of anilines is 1. The molecule has 106 valence electrons. The van der Waals surface area contributed by atoms with Gasteiger partial charge >= 0.3 is 0 Å². The van der Waals surface area contributed by atoms with Crippen LogP contribution >= 0.6 is 0 Å². The van der Waals surface area contributed by atoms with Gasteiger partial charge in [-0.15, -0.1) is 0 Å². The minimum Gasteiger partial charge on any atom is -0.380 e. The topological polar surface area (TPSA) is 24.1 Å². The fourth-order valence-corrected chi connectivity index (χ4v) is 2.90. The number of para-hydroxylation sites is 1. The summed E-state index contributed by atoms with van der Waals surface area (Å²) in [5.74, 6) is 0.851. The van der Waals surface area contributed by atoms with E-state index < -0.39 is 0 Å². The van der Waals surface area contributed by atoms with E-state index in [9.17, 15) is 0 Å². The fourth-order valence-electron chi connectivity index (χ4n) is 2.90. The number of fused-ring (bicyclic) bond motifs is 1. The molecule has 1 aliphatic rings. The zero-order chi connectivity index (χ0) is 13.5. The van der Waals surface area contributed by atoms with Gasteiger partial charge in [0.2, 0.25) is 0 Å². The summed E-state index contributed by atoms with van der Waals surface area (Å²) in [7, 11) is 0. The minimum absolute atomic E-state index is 0.570. The van der Waals surface area contributed by atoms with Crippen molar-refractivity contribution in [2.75, 3.05) is 18.4 Å². The lowest BCUT2D eigenvalue weighted by molar-refractivity contribution is 0.415. The van der Waals surface area contributed by atoms with Gasteiger partial charge in [-0.3, -0.25) is 0 Å². The average Bonchev–Trinajstić information content (AvgIpc) is 2.85. The van der Waals surface area contributed by atoms with Crippen LogP contribution in [0.1, 0.15) is 45.1 Å². The number of unbranched alkanes of at least 4 members (excludes halogenated alkanes) is 1. The average molecular weight is 260 g/mol. The molecule has 0 amide bonds. The SMILES string of the molecule is CCCCC(CC)CNCC1Cc2ccccc2N1. The van der Waals surface area contributed by atoms with E-state index in [1.807, 2.05) is 0 Å². The van der Waals surface area contributed by atoms with E-state index in [1.54, 1.807) is 0 Å². The second-order valence-electron chi connectivity index (χ2n) is 5.78. The number of hydrogen-bond acceptors (Lipinski definition) is 2. The van der Waals surface area contributed by atoms with Crippen LogP contribution in [0.15, 0.2) is 24.3 Å². The van der Waals surface area contributed by atoms with Crippen molar-refractivity contribution in [3.8, 4) is 0 Å². The molecule has 1 aromatic rings. The van der Waals surface area contributed by atoms with Crippen LogP contribution in [-0.2, 0) is 6.42 Å². The Bertz CT molecular complexity index is 350. The predicted molar refractivity (Wildman–Crippen MR) is 83.7 cm³/mol. The van der Waals surface area contributed by atoms with Crippen LogP contribution in [0.5, 0.6) is 0 Å². The van der Waals surface area contributed by atoms with Crippen molar-refractivity contribution in [2.45, 2.75) is 52.0 Å². The lowest BCUT2D eigenvalue weighted by atomic mass is 9.99. The molecule has 2 nitrogen and oxygen atoms in total. The number of hydrogen-bond donors (Lipinski definition) is 2. The molecule has 2 rings (SSSR count). The molecule has 2 unspecified atom stereocenters. The minimum atomic E-state index is 0.570. The quantitative estimate of drug-likeness (QED) is 0.742. The second-order valence-corrected chi connectivity index (χ2v) is 5.78. The maximum Gasteiger partial charge on any atom is 0.0427 e. The zero-order valence-electron chi connectivity index (χ0n) is 12.4. The monoisotopic (exact) mass is 260 g/mol. The van der Waals surface area contributed by atoms with Crippen LogP contribution in [0.4, 0.5) is 5.69 Å². The van der Waals surface area contributed by atoms with E-state index in [0.717, 1.165) is 18.9 Å². The van der Waals surface area contributed by atoms with Crippen LogP contribution < -0.4 is 10.6 Å². The van der Waals surface area contributed by atoms with Gasteiger partial charge < -0.3 is 10.6 Å². The molecule has 2 atom stereocenters. The van der Waals surface area contributed by atoms with Crippen LogP contribution in [0.2, 0.25) is 0 Å². The number of rotatable bonds is 8. The molecule has 1 aliphatic heterocycles. The van der Waals surface area contributed by atoms with E-state index in [-0.39, 0.29) is 0 Å². The second kappa shape index (κ2) is 7.54. The molecule has 0 spiro atoms. The lowest BCUT2D eigenvalue weighted by Gasteiger charge is -2.18. The first-order valence-corrected chi connectivity index (χ1v) is 7.88. The normalized spacial score (nSPS) is 18.9. The summed E-state index contributed by atoms with van der Waals surface area (Å²) < 4.78 is 0. The van der Waals surface area contributed by atoms with Gasteiger partial charge in [0, 0.05) is 18.3 Å². The first kappa shape index (κ1) is 14.4. The molecule has 0 radical (unpaired) electrons. The van der Waals surface area contributed by atoms with Crippen LogP contribution in [0.3, 0.4) is 0 Å². The smallest absolute Gasteiger partial charge is 0.0427 e. The Balaban J connectivity index is 1.67. The largest absolute Gasteiger partial charge is 0.380 e. The molecule has 0 saturated heterocycles. The Hall–Kier alpha value is -1.02. The summed E-state index contributed by atoms with van der Waals surface area (Å²) in [4.78, 5) is 0. The highest BCUT2D eigenvalue weighted by molar-refractivity contribution is 5.56. The molecule has 0 fully saturated rings. The molecule has 1 aromatic carbocycles. The van der Waals surface area contributed by atoms with Crippen molar-refractivity contribution in [1.82, 2.24) is 5.32 Å². The van der Waals surface area contributed by atoms with Crippen molar-refractivity contribution in [1.29, 1.82) is 0 Å². The Kier molecular flexibility index (Phi) is 5.71. The van der Waals surface area contributed by atoms with E-state index in [2.05, 4.69) is 48.7 Å². The van der Waals surface area contributed by atoms with Crippen LogP contribution in [0.25, 0.3) is 0 Å². The van der Waals surface area contributed by atoms with Gasteiger partial charge in [0.1, 0.15) is 0 Å². The molecule has 19 heavy (non-hydrogen) atoms. The van der Waals surface area contributed by atoms with E-state index in [0.29, 0.717) is 6.04 Å². The molecule has 0 aliphatic carbocycles. The van der Waals surface area contributed by atoms with E-state index in [1.165, 1.54) is 43.5 Å². The third kappa shape index (κ3) is 4.24. The van der Waals surface area contributed by atoms with Crippen molar-refractivity contribution >= 4 is 5.69 Å². The highest BCUT2D eigenvalue weighted by Crippen LogP contribution is 2.24. The van der Waals surface area contributed by atoms with Crippen molar-refractivity contribution in [2.24, 2.45) is 5.92 Å². The maximum absolute atomic E-state index is 3.66. The molecule has 0 aromatic heterocycles. The van der Waals surface area contributed by atoms with Gasteiger partial charge in [-0.2, -0.15) is 0 Å². The summed E-state index contributed by atoms with van der Waals surface area (Å²) in [6, 6.07) is 9.23. The van der Waals surface area contributed by atoms with Gasteiger partial charge in [-0.25, -0.2) is 0 Å². The van der Waals surface area contributed by atoms with Crippen LogP contribution in [0, 0.1) is 5.92 Å². The Morgan fingerprint density at radius 1 is 1.32 bits per heavy atom. The Labute approximate surface area is 118 Å². The van der Waals surface area contributed by atoms with Crippen LogP contribution in [-0.4, -0.2) is 19.1 Å². The van der Waals surface area contributed by atoms with Gasteiger partial charge in [-0.05, 0) is 36.9 Å². The van der Waals surface area contributed by atoms with Gasteiger partial charge in [0.15, 0.2) is 0 Å². The molecule has 0 saturated carbocycles. The molecular formula is C17H28N2. The molecule has 2 N–H and O–H groups in total. The summed E-state index contributed by atoms with van der Waals surface area (Å²) in [5, 5.41) is 7.27. The lowest BCUT2D eigenvalue weighted by Crippen LogP contribution is -2.34. The van der Waals surface area contributed by atoms with Gasteiger partial charge in [0.25, 0.3) is 0 Å². The zero-order valence-corrected chi connectivity index (χ0v) is 12.4. The fraction of sp³-hybridized carbons (Fsp3) is 0.647. The van der Waals surface area contributed by atoms with Gasteiger partial charge in [-0.1, -0.05) is 51.3 Å². The molecule has 1 heterocycles. The maximum atomic E-state index is 3.66. The van der Waals surface area contributed by atoms with Crippen molar-refractivity contribution < 1.29 is 0 Å². The molecule has 2 heteroatoms. The molecule has 0 bridgehead atoms. The summed E-state index contributed by atoms with van der Waals surface area (Å²) >= 11 is 0. The molecular weight excluding hydrogens is 232 g/mol. The summed E-state index contributed by atoms with van der Waals surface area (Å²) in [6.07, 6.45) is 6.52. The van der Waals surface area contributed by atoms with Crippen molar-refractivity contribution in [3.05, 3.63) is 29.8 Å². The van der Waals surface area contributed by atoms with Gasteiger partial charge in [0.05, 0.1) is 0 Å².